The number of rotatable bonds is 8. The SMILES string of the molecule is CNC(=O)OC/C=C\C1=C(C(=O)O)N2C(=O)C(NC(=O)/C(=N\OC)c3csc(N)n3)[C@H]2SC1. The molecule has 0 aromatic carbocycles. The van der Waals surface area contributed by atoms with Gasteiger partial charge in [-0.1, -0.05) is 11.2 Å². The molecule has 0 spiro atoms. The average molecular weight is 497 g/mol. The first kappa shape index (κ1) is 24.1. The predicted molar refractivity (Wildman–Crippen MR) is 119 cm³/mol. The number of nitrogen functional groups attached to an aromatic ring is 1. The third-order valence-corrected chi connectivity index (χ3v) is 6.46. The summed E-state index contributed by atoms with van der Waals surface area (Å²) in [5.41, 5.74) is 5.82. The van der Waals surface area contributed by atoms with Crippen LogP contribution in [-0.2, 0) is 24.0 Å². The van der Waals surface area contributed by atoms with Crippen LogP contribution >= 0.6 is 23.1 Å². The van der Waals surface area contributed by atoms with Gasteiger partial charge in [0.2, 0.25) is 0 Å². The molecule has 2 aliphatic heterocycles. The number of ether oxygens (including phenoxy) is 1. The summed E-state index contributed by atoms with van der Waals surface area (Å²) < 4.78 is 4.83. The number of hydrogen-bond donors (Lipinski definition) is 4. The van der Waals surface area contributed by atoms with Crippen LogP contribution in [-0.4, -0.2) is 82.5 Å². The van der Waals surface area contributed by atoms with E-state index in [2.05, 4.69) is 20.8 Å². The lowest BCUT2D eigenvalue weighted by atomic mass is 10.0. The zero-order valence-corrected chi connectivity index (χ0v) is 19.1. The molecule has 33 heavy (non-hydrogen) atoms. The molecule has 1 fully saturated rings. The molecule has 1 aromatic heterocycles. The third-order valence-electron chi connectivity index (χ3n) is 4.48. The van der Waals surface area contributed by atoms with Crippen LogP contribution in [0.25, 0.3) is 0 Å². The molecule has 3 amide bonds. The van der Waals surface area contributed by atoms with Gasteiger partial charge in [0.1, 0.15) is 36.5 Å². The van der Waals surface area contributed by atoms with Crippen molar-refractivity contribution in [2.75, 3.05) is 32.3 Å². The zero-order chi connectivity index (χ0) is 24.1. The van der Waals surface area contributed by atoms with Crippen molar-refractivity contribution in [2.24, 2.45) is 5.16 Å². The maximum atomic E-state index is 12.8. The second-order valence-electron chi connectivity index (χ2n) is 6.48. The Kier molecular flexibility index (Phi) is 7.55. The summed E-state index contributed by atoms with van der Waals surface area (Å²) in [6.45, 7) is -0.0699. The molecule has 15 heteroatoms. The number of alkyl carbamates (subject to hydrolysis) is 1. The second kappa shape index (κ2) is 10.4. The molecule has 2 atom stereocenters. The van der Waals surface area contributed by atoms with Crippen LogP contribution in [0.5, 0.6) is 0 Å². The molecule has 1 aromatic rings. The maximum Gasteiger partial charge on any atom is 0.407 e. The Balaban J connectivity index is 1.73. The van der Waals surface area contributed by atoms with E-state index in [0.717, 1.165) is 16.2 Å². The summed E-state index contributed by atoms with van der Waals surface area (Å²) in [7, 11) is 2.67. The Bertz CT molecular complexity index is 1070. The van der Waals surface area contributed by atoms with Gasteiger partial charge < -0.3 is 31.0 Å². The quantitative estimate of drug-likeness (QED) is 0.212. The third kappa shape index (κ3) is 5.09. The minimum Gasteiger partial charge on any atom is -0.477 e. The number of allylic oxidation sites excluding steroid dienone is 1. The van der Waals surface area contributed by atoms with E-state index in [1.807, 2.05) is 0 Å². The highest BCUT2D eigenvalue weighted by atomic mass is 32.2. The fraction of sp³-hybridized carbons (Fsp3) is 0.333. The highest BCUT2D eigenvalue weighted by molar-refractivity contribution is 8.00. The minimum atomic E-state index is -1.29. The molecule has 13 nitrogen and oxygen atoms in total. The van der Waals surface area contributed by atoms with E-state index in [-0.39, 0.29) is 34.6 Å². The summed E-state index contributed by atoms with van der Waals surface area (Å²) >= 11 is 2.39. The van der Waals surface area contributed by atoms with Gasteiger partial charge in [0.15, 0.2) is 10.8 Å². The Morgan fingerprint density at radius 2 is 2.21 bits per heavy atom. The Hall–Kier alpha value is -3.59. The standard InChI is InChI=1S/C18H20N6O7S2/c1-20-18(29)31-5-3-4-8-6-32-15-11(14(26)24(15)12(8)16(27)28)22-13(25)10(23-30-2)9-7-33-17(19)21-9/h3-4,7,11,15H,5-6H2,1-2H3,(H2,19,21)(H,20,29)(H,22,25)(H,27,28)/b4-3-,23-10-/t11?,15-/m1/s1. The number of thiazole rings is 1. The van der Waals surface area contributed by atoms with E-state index in [4.69, 9.17) is 15.3 Å². The lowest BCUT2D eigenvalue weighted by Crippen LogP contribution is -2.71. The first-order valence-corrected chi connectivity index (χ1v) is 11.3. The van der Waals surface area contributed by atoms with E-state index in [9.17, 15) is 24.3 Å². The predicted octanol–water partition coefficient (Wildman–Crippen LogP) is -0.273. The van der Waals surface area contributed by atoms with Crippen molar-refractivity contribution in [1.29, 1.82) is 0 Å². The second-order valence-corrected chi connectivity index (χ2v) is 8.48. The van der Waals surface area contributed by atoms with Crippen LogP contribution in [0.15, 0.2) is 34.0 Å². The van der Waals surface area contributed by atoms with Crippen molar-refractivity contribution in [3.8, 4) is 0 Å². The Morgan fingerprint density at radius 1 is 1.45 bits per heavy atom. The number of nitrogens with two attached hydrogens (primary N) is 1. The molecule has 5 N–H and O–H groups in total. The molecule has 0 saturated carbocycles. The highest BCUT2D eigenvalue weighted by Gasteiger charge is 2.54. The number of oxime groups is 1. The number of nitrogens with zero attached hydrogens (tertiary/aromatic N) is 3. The summed E-state index contributed by atoms with van der Waals surface area (Å²) in [6.07, 6.45) is 2.34. The van der Waals surface area contributed by atoms with Crippen LogP contribution in [0.3, 0.4) is 0 Å². The number of carbonyl (C=O) groups is 4. The van der Waals surface area contributed by atoms with E-state index in [1.54, 1.807) is 0 Å². The molecule has 0 radical (unpaired) electrons. The van der Waals surface area contributed by atoms with Crippen LogP contribution in [0.2, 0.25) is 0 Å². The summed E-state index contributed by atoms with van der Waals surface area (Å²) in [4.78, 5) is 58.3. The van der Waals surface area contributed by atoms with Crippen molar-refractivity contribution in [1.82, 2.24) is 20.5 Å². The topological polar surface area (TPSA) is 186 Å². The normalized spacial score (nSPS) is 20.2. The van der Waals surface area contributed by atoms with Crippen LogP contribution in [0, 0.1) is 0 Å². The van der Waals surface area contributed by atoms with Crippen LogP contribution in [0.1, 0.15) is 5.69 Å². The molecule has 2 aliphatic rings. The number of amides is 3. The van der Waals surface area contributed by atoms with Gasteiger partial charge in [0, 0.05) is 18.2 Å². The van der Waals surface area contributed by atoms with Crippen LogP contribution in [0.4, 0.5) is 9.93 Å². The van der Waals surface area contributed by atoms with Gasteiger partial charge in [-0.3, -0.25) is 14.5 Å². The number of anilines is 1. The number of aliphatic carboxylic acids is 1. The number of hydrogen-bond acceptors (Lipinski definition) is 11. The fourth-order valence-electron chi connectivity index (χ4n) is 3.06. The Morgan fingerprint density at radius 3 is 2.82 bits per heavy atom. The molecular weight excluding hydrogens is 476 g/mol. The van der Waals surface area contributed by atoms with Crippen LogP contribution < -0.4 is 16.4 Å². The number of fused-ring (bicyclic) bond motifs is 1. The van der Waals surface area contributed by atoms with Gasteiger partial charge in [0.25, 0.3) is 11.8 Å². The maximum absolute atomic E-state index is 12.8. The molecule has 176 valence electrons. The Labute approximate surface area is 195 Å². The van der Waals surface area contributed by atoms with Gasteiger partial charge in [-0.2, -0.15) is 0 Å². The van der Waals surface area contributed by atoms with Crippen molar-refractivity contribution < 1.29 is 33.9 Å². The highest BCUT2D eigenvalue weighted by Crippen LogP contribution is 2.40. The average Bonchev–Trinajstić information content (AvgIpc) is 3.23. The zero-order valence-electron chi connectivity index (χ0n) is 17.4. The van der Waals surface area contributed by atoms with Gasteiger partial charge in [-0.05, 0) is 11.6 Å². The van der Waals surface area contributed by atoms with Crippen molar-refractivity contribution >= 4 is 57.8 Å². The number of carboxylic acid groups (broad SMARTS) is 1. The first-order valence-electron chi connectivity index (χ1n) is 9.34. The van der Waals surface area contributed by atoms with E-state index in [1.165, 1.54) is 43.5 Å². The van der Waals surface area contributed by atoms with Crippen molar-refractivity contribution in [3.05, 3.63) is 34.5 Å². The molecular formula is C18H20N6O7S2. The number of carboxylic acids is 1. The smallest absolute Gasteiger partial charge is 0.407 e. The number of carbonyl (C=O) groups excluding carboxylic acids is 3. The fourth-order valence-corrected chi connectivity index (χ4v) is 4.93. The molecule has 1 saturated heterocycles. The van der Waals surface area contributed by atoms with Gasteiger partial charge in [-0.15, -0.1) is 23.1 Å². The summed E-state index contributed by atoms with van der Waals surface area (Å²) in [5.74, 6) is -2.32. The number of aromatic nitrogens is 1. The minimum absolute atomic E-state index is 0.0699. The lowest BCUT2D eigenvalue weighted by molar-refractivity contribution is -0.150. The van der Waals surface area contributed by atoms with Gasteiger partial charge in [-0.25, -0.2) is 14.6 Å². The molecule has 1 unspecified atom stereocenters. The van der Waals surface area contributed by atoms with Crippen molar-refractivity contribution in [2.45, 2.75) is 11.4 Å². The summed E-state index contributed by atoms with van der Waals surface area (Å²) in [5, 5.41) is 19.3. The first-order chi connectivity index (χ1) is 15.8. The number of nitrogens with one attached hydrogen (secondary N) is 2. The van der Waals surface area contributed by atoms with Gasteiger partial charge in [0.05, 0.1) is 0 Å². The van der Waals surface area contributed by atoms with E-state index < -0.39 is 35.3 Å². The van der Waals surface area contributed by atoms with E-state index in [0.29, 0.717) is 5.57 Å². The van der Waals surface area contributed by atoms with Crippen molar-refractivity contribution in [3.63, 3.8) is 0 Å². The number of thioether (sulfide) groups is 1. The molecule has 3 heterocycles. The monoisotopic (exact) mass is 496 g/mol. The number of β-lactam (4-membered cyclic amide) rings is 1. The van der Waals surface area contributed by atoms with E-state index >= 15 is 0 Å². The molecule has 0 aliphatic carbocycles. The summed E-state index contributed by atoms with van der Waals surface area (Å²) in [6, 6.07) is -0.961. The molecule has 3 rings (SSSR count). The lowest BCUT2D eigenvalue weighted by Gasteiger charge is -2.49. The van der Waals surface area contributed by atoms with Gasteiger partial charge >= 0.3 is 12.1 Å². The largest absolute Gasteiger partial charge is 0.477 e. The molecule has 0 bridgehead atoms.